The fourth-order valence-electron chi connectivity index (χ4n) is 3.07. The largest absolute Gasteiger partial charge is 0.253 e. The van der Waals surface area contributed by atoms with E-state index in [0.29, 0.717) is 0 Å². The lowest BCUT2D eigenvalue weighted by atomic mass is 9.97. The summed E-state index contributed by atoms with van der Waals surface area (Å²) >= 11 is 4.53. The van der Waals surface area contributed by atoms with Gasteiger partial charge in [-0.25, -0.2) is 0 Å². The maximum Gasteiger partial charge on any atom is 0.0713 e. The highest BCUT2D eigenvalue weighted by Gasteiger charge is 2.19. The maximum absolute atomic E-state index is 4.85. The molecule has 0 aliphatic heterocycles. The van der Waals surface area contributed by atoms with Crippen molar-refractivity contribution in [3.63, 3.8) is 0 Å². The Morgan fingerprint density at radius 2 is 2.06 bits per heavy atom. The molecule has 0 fully saturated rings. The van der Waals surface area contributed by atoms with Gasteiger partial charge in [0.2, 0.25) is 0 Å². The first-order chi connectivity index (χ1) is 8.20. The zero-order valence-corrected chi connectivity index (χ0v) is 11.3. The van der Waals surface area contributed by atoms with Crippen molar-refractivity contribution in [3.8, 4) is 0 Å². The van der Waals surface area contributed by atoms with Crippen molar-refractivity contribution >= 4 is 23.5 Å². The molecule has 0 amide bonds. The highest BCUT2D eigenvalue weighted by Crippen LogP contribution is 2.33. The number of fused-ring (bicyclic) bond motifs is 2. The summed E-state index contributed by atoms with van der Waals surface area (Å²) in [4.78, 5) is 4.85. The molecule has 1 heterocycles. The summed E-state index contributed by atoms with van der Waals surface area (Å²) < 4.78 is 0. The normalized spacial score (nSPS) is 14.3. The molecular formula is C15H17NS. The van der Waals surface area contributed by atoms with Gasteiger partial charge in [-0.05, 0) is 61.4 Å². The average Bonchev–Trinajstić information content (AvgIpc) is 2.73. The van der Waals surface area contributed by atoms with Gasteiger partial charge < -0.3 is 0 Å². The molecule has 0 saturated carbocycles. The number of hydrogen-bond donors (Lipinski definition) is 1. The van der Waals surface area contributed by atoms with Crippen LogP contribution in [-0.4, -0.2) is 4.98 Å². The highest BCUT2D eigenvalue weighted by molar-refractivity contribution is 7.79. The van der Waals surface area contributed by atoms with Gasteiger partial charge in [0.1, 0.15) is 0 Å². The summed E-state index contributed by atoms with van der Waals surface area (Å²) in [7, 11) is 0. The Morgan fingerprint density at radius 1 is 1.24 bits per heavy atom. The van der Waals surface area contributed by atoms with E-state index in [-0.39, 0.29) is 0 Å². The van der Waals surface area contributed by atoms with Crippen LogP contribution in [0.1, 0.15) is 34.4 Å². The second kappa shape index (κ2) is 4.02. The van der Waals surface area contributed by atoms with Crippen LogP contribution in [0.25, 0.3) is 10.9 Å². The summed E-state index contributed by atoms with van der Waals surface area (Å²) in [5.74, 6) is 0.825. The molecule has 0 radical (unpaired) electrons. The number of benzene rings is 1. The van der Waals surface area contributed by atoms with Crippen LogP contribution in [-0.2, 0) is 18.6 Å². The Kier molecular flexibility index (Phi) is 2.62. The molecule has 1 aliphatic carbocycles. The van der Waals surface area contributed by atoms with Crippen molar-refractivity contribution in [1.29, 1.82) is 0 Å². The number of rotatable bonds is 1. The zero-order chi connectivity index (χ0) is 12.0. The maximum atomic E-state index is 4.85. The lowest BCUT2D eigenvalue weighted by molar-refractivity contribution is 0.899. The van der Waals surface area contributed by atoms with Gasteiger partial charge in [-0.2, -0.15) is 12.6 Å². The summed E-state index contributed by atoms with van der Waals surface area (Å²) in [6, 6.07) is 4.45. The van der Waals surface area contributed by atoms with Gasteiger partial charge in [0.25, 0.3) is 0 Å². The molecule has 17 heavy (non-hydrogen) atoms. The fraction of sp³-hybridized carbons (Fsp3) is 0.400. The zero-order valence-electron chi connectivity index (χ0n) is 10.4. The molecule has 1 nitrogen and oxygen atoms in total. The van der Waals surface area contributed by atoms with Gasteiger partial charge in [-0.3, -0.25) is 4.98 Å². The van der Waals surface area contributed by atoms with Crippen LogP contribution in [0.3, 0.4) is 0 Å². The fourth-order valence-corrected chi connectivity index (χ4v) is 3.42. The minimum absolute atomic E-state index is 0.825. The molecule has 0 unspecified atom stereocenters. The van der Waals surface area contributed by atoms with Gasteiger partial charge in [-0.15, -0.1) is 0 Å². The molecule has 3 rings (SSSR count). The predicted molar refractivity (Wildman–Crippen MR) is 75.9 cm³/mol. The number of nitrogens with zero attached hydrogens (tertiary/aromatic N) is 1. The van der Waals surface area contributed by atoms with E-state index in [9.17, 15) is 0 Å². The number of aryl methyl sites for hydroxylation is 3. The van der Waals surface area contributed by atoms with Crippen LogP contribution in [0.4, 0.5) is 0 Å². The van der Waals surface area contributed by atoms with E-state index >= 15 is 0 Å². The standard InChI is InChI=1S/C15H17NS/c1-9-6-10(2)15-12(8-17)11-4-3-5-13(11)16-14(15)7-9/h6-7,17H,3-5,8H2,1-2H3. The molecule has 0 N–H and O–H groups in total. The molecular weight excluding hydrogens is 226 g/mol. The number of pyridine rings is 1. The van der Waals surface area contributed by atoms with Crippen LogP contribution < -0.4 is 0 Å². The van der Waals surface area contributed by atoms with E-state index in [4.69, 9.17) is 4.98 Å². The lowest BCUT2D eigenvalue weighted by Gasteiger charge is -2.13. The summed E-state index contributed by atoms with van der Waals surface area (Å²) in [6.45, 7) is 4.33. The second-order valence-corrected chi connectivity index (χ2v) is 5.32. The molecule has 0 atom stereocenters. The minimum atomic E-state index is 0.825. The smallest absolute Gasteiger partial charge is 0.0713 e. The molecule has 88 valence electrons. The van der Waals surface area contributed by atoms with Crippen molar-refractivity contribution in [3.05, 3.63) is 40.1 Å². The first-order valence-corrected chi connectivity index (χ1v) is 6.86. The molecule has 0 bridgehead atoms. The van der Waals surface area contributed by atoms with Gasteiger partial charge in [-0.1, -0.05) is 6.07 Å². The Balaban J connectivity index is 2.45. The number of hydrogen-bond acceptors (Lipinski definition) is 2. The van der Waals surface area contributed by atoms with Crippen molar-refractivity contribution in [2.24, 2.45) is 0 Å². The van der Waals surface area contributed by atoms with Crippen LogP contribution in [0.15, 0.2) is 12.1 Å². The summed E-state index contributed by atoms with van der Waals surface area (Å²) in [5.41, 5.74) is 8.00. The van der Waals surface area contributed by atoms with Crippen LogP contribution >= 0.6 is 12.6 Å². The average molecular weight is 243 g/mol. The van der Waals surface area contributed by atoms with E-state index in [1.165, 1.54) is 46.2 Å². The monoisotopic (exact) mass is 243 g/mol. The number of aromatic nitrogens is 1. The van der Waals surface area contributed by atoms with E-state index in [1.807, 2.05) is 0 Å². The van der Waals surface area contributed by atoms with Crippen molar-refractivity contribution in [1.82, 2.24) is 4.98 Å². The number of thiol groups is 1. The molecule has 2 heteroatoms. The van der Waals surface area contributed by atoms with Crippen LogP contribution in [0, 0.1) is 13.8 Å². The summed E-state index contributed by atoms with van der Waals surface area (Å²) in [5, 5.41) is 1.34. The second-order valence-electron chi connectivity index (χ2n) is 5.00. The van der Waals surface area contributed by atoms with Gasteiger partial charge >= 0.3 is 0 Å². The van der Waals surface area contributed by atoms with Gasteiger partial charge in [0.15, 0.2) is 0 Å². The predicted octanol–water partition coefficient (Wildman–Crippen LogP) is 3.77. The Morgan fingerprint density at radius 3 is 2.82 bits per heavy atom. The van der Waals surface area contributed by atoms with Gasteiger partial charge in [0, 0.05) is 16.8 Å². The van der Waals surface area contributed by atoms with E-state index < -0.39 is 0 Å². The van der Waals surface area contributed by atoms with Crippen molar-refractivity contribution in [2.45, 2.75) is 38.9 Å². The molecule has 1 aromatic heterocycles. The topological polar surface area (TPSA) is 12.9 Å². The van der Waals surface area contributed by atoms with E-state index in [1.54, 1.807) is 0 Å². The first-order valence-electron chi connectivity index (χ1n) is 6.23. The quantitative estimate of drug-likeness (QED) is 0.752. The molecule has 2 aromatic rings. The first kappa shape index (κ1) is 11.1. The third-order valence-corrected chi connectivity index (χ3v) is 4.04. The SMILES string of the molecule is Cc1cc(C)c2c(CS)c3c(nc2c1)CCC3. The molecule has 0 spiro atoms. The van der Waals surface area contributed by atoms with Crippen LogP contribution in [0.5, 0.6) is 0 Å². The molecule has 1 aliphatic rings. The third-order valence-electron chi connectivity index (χ3n) is 3.73. The minimum Gasteiger partial charge on any atom is -0.253 e. The van der Waals surface area contributed by atoms with Crippen molar-refractivity contribution in [2.75, 3.05) is 0 Å². The highest BCUT2D eigenvalue weighted by atomic mass is 32.1. The van der Waals surface area contributed by atoms with Gasteiger partial charge in [0.05, 0.1) is 5.52 Å². The molecule has 1 aromatic carbocycles. The lowest BCUT2D eigenvalue weighted by Crippen LogP contribution is -1.99. The Bertz CT molecular complexity index is 602. The van der Waals surface area contributed by atoms with Crippen molar-refractivity contribution < 1.29 is 0 Å². The van der Waals surface area contributed by atoms with Crippen LogP contribution in [0.2, 0.25) is 0 Å². The summed E-state index contributed by atoms with van der Waals surface area (Å²) in [6.07, 6.45) is 3.57. The third kappa shape index (κ3) is 1.66. The van der Waals surface area contributed by atoms with E-state index in [0.717, 1.165) is 17.7 Å². The Labute approximate surface area is 108 Å². The van der Waals surface area contributed by atoms with E-state index in [2.05, 4.69) is 38.6 Å². The molecule has 0 saturated heterocycles. The Hall–Kier alpha value is -1.02.